The van der Waals surface area contributed by atoms with Gasteiger partial charge in [0.25, 0.3) is 0 Å². The number of hydrogen-bond acceptors (Lipinski definition) is 4. The van der Waals surface area contributed by atoms with Gasteiger partial charge in [0.1, 0.15) is 5.00 Å². The summed E-state index contributed by atoms with van der Waals surface area (Å²) in [6, 6.07) is 20.3. The number of benzene rings is 2. The van der Waals surface area contributed by atoms with Crippen LogP contribution in [0.5, 0.6) is 0 Å². The Morgan fingerprint density at radius 3 is 2.43 bits per heavy atom. The van der Waals surface area contributed by atoms with Gasteiger partial charge < -0.3 is 15.0 Å². The molecule has 0 atom stereocenters. The van der Waals surface area contributed by atoms with E-state index in [0.29, 0.717) is 17.2 Å². The van der Waals surface area contributed by atoms with Crippen molar-refractivity contribution in [3.63, 3.8) is 0 Å². The molecule has 0 amide bonds. The molecule has 2 aromatic carbocycles. The van der Waals surface area contributed by atoms with E-state index in [1.165, 1.54) is 12.0 Å². The maximum Gasteiger partial charge on any atom is 0.341 e. The summed E-state index contributed by atoms with van der Waals surface area (Å²) >= 11 is 7.46. The van der Waals surface area contributed by atoms with Gasteiger partial charge in [0.2, 0.25) is 0 Å². The average Bonchev–Trinajstić information content (AvgIpc) is 3.16. The summed E-state index contributed by atoms with van der Waals surface area (Å²) in [5, 5.41) is 4.73. The van der Waals surface area contributed by atoms with E-state index in [1.807, 2.05) is 48.5 Å². The number of aryl methyl sites for hydroxylation is 1. The highest BCUT2D eigenvalue weighted by atomic mass is 32.1. The number of thiocarbonyl (C=S) groups is 1. The molecule has 6 heteroatoms. The summed E-state index contributed by atoms with van der Waals surface area (Å²) in [5.41, 5.74) is 3.92. The number of carbonyl (C=O) groups is 1. The van der Waals surface area contributed by atoms with Gasteiger partial charge >= 0.3 is 5.97 Å². The number of fused-ring (bicyclic) bond motifs is 1. The van der Waals surface area contributed by atoms with Gasteiger partial charge in [0.15, 0.2) is 5.11 Å². The van der Waals surface area contributed by atoms with Crippen molar-refractivity contribution in [2.75, 3.05) is 17.3 Å². The minimum atomic E-state index is -0.297. The van der Waals surface area contributed by atoms with Crippen molar-refractivity contribution in [1.82, 2.24) is 0 Å². The molecule has 1 aliphatic rings. The molecule has 1 aromatic heterocycles. The Morgan fingerprint density at radius 2 is 1.73 bits per heavy atom. The molecule has 0 saturated carbocycles. The van der Waals surface area contributed by atoms with E-state index in [4.69, 9.17) is 17.0 Å². The molecular weight excluding hydrogens is 412 g/mol. The molecule has 0 spiro atoms. The van der Waals surface area contributed by atoms with Crippen molar-refractivity contribution in [3.05, 3.63) is 82.2 Å². The Bertz CT molecular complexity index is 1030. The number of rotatable bonds is 5. The molecule has 0 fully saturated rings. The predicted octanol–water partition coefficient (Wildman–Crippen LogP) is 5.82. The first-order valence-corrected chi connectivity index (χ1v) is 11.3. The second kappa shape index (κ2) is 9.41. The molecule has 0 radical (unpaired) electrons. The molecule has 4 nitrogen and oxygen atoms in total. The highest BCUT2D eigenvalue weighted by molar-refractivity contribution is 7.80. The van der Waals surface area contributed by atoms with Crippen LogP contribution in [0.25, 0.3) is 0 Å². The maximum atomic E-state index is 12.6. The van der Waals surface area contributed by atoms with Crippen LogP contribution in [0.3, 0.4) is 0 Å². The summed E-state index contributed by atoms with van der Waals surface area (Å²) in [4.78, 5) is 15.9. The number of anilines is 2. The van der Waals surface area contributed by atoms with E-state index in [9.17, 15) is 4.79 Å². The smallest absolute Gasteiger partial charge is 0.341 e. The molecule has 0 unspecified atom stereocenters. The van der Waals surface area contributed by atoms with Crippen LogP contribution >= 0.6 is 23.6 Å². The Hall–Kier alpha value is -2.70. The molecule has 1 heterocycles. The van der Waals surface area contributed by atoms with Crippen LogP contribution in [0, 0.1) is 0 Å². The molecule has 0 bridgehead atoms. The average molecular weight is 437 g/mol. The normalized spacial score (nSPS) is 12.7. The predicted molar refractivity (Wildman–Crippen MR) is 128 cm³/mol. The van der Waals surface area contributed by atoms with E-state index in [-0.39, 0.29) is 5.97 Å². The Balaban J connectivity index is 1.66. The highest BCUT2D eigenvalue weighted by Crippen LogP contribution is 2.39. The van der Waals surface area contributed by atoms with Crippen molar-refractivity contribution >= 4 is 45.3 Å². The topological polar surface area (TPSA) is 41.6 Å². The molecular formula is C24H24N2O2S2. The third kappa shape index (κ3) is 4.40. The zero-order valence-electron chi connectivity index (χ0n) is 16.9. The van der Waals surface area contributed by atoms with E-state index < -0.39 is 0 Å². The minimum absolute atomic E-state index is 0.297. The van der Waals surface area contributed by atoms with Crippen LogP contribution in [0.2, 0.25) is 0 Å². The van der Waals surface area contributed by atoms with Crippen molar-refractivity contribution in [2.45, 2.75) is 32.2 Å². The van der Waals surface area contributed by atoms with Crippen LogP contribution in [0.1, 0.15) is 39.2 Å². The first kappa shape index (κ1) is 20.6. The molecule has 1 aliphatic carbocycles. The molecule has 154 valence electrons. The van der Waals surface area contributed by atoms with E-state index in [1.54, 1.807) is 11.3 Å². The van der Waals surface area contributed by atoms with Gasteiger partial charge in [-0.05, 0) is 61.2 Å². The molecule has 4 rings (SSSR count). The zero-order chi connectivity index (χ0) is 20.9. The lowest BCUT2D eigenvalue weighted by Gasteiger charge is -2.26. The quantitative estimate of drug-likeness (QED) is 0.403. The van der Waals surface area contributed by atoms with Crippen LogP contribution in [0.15, 0.2) is 60.7 Å². The van der Waals surface area contributed by atoms with Gasteiger partial charge in [0, 0.05) is 10.6 Å². The van der Waals surface area contributed by atoms with Crippen LogP contribution in [-0.2, 0) is 24.1 Å². The summed E-state index contributed by atoms with van der Waals surface area (Å²) < 4.78 is 5.09. The van der Waals surface area contributed by atoms with Gasteiger partial charge in [0.05, 0.1) is 19.2 Å². The van der Waals surface area contributed by atoms with Gasteiger partial charge in [-0.3, -0.25) is 0 Å². The van der Waals surface area contributed by atoms with E-state index >= 15 is 0 Å². The number of methoxy groups -OCH3 is 1. The third-order valence-corrected chi connectivity index (χ3v) is 6.81. The number of esters is 1. The Labute approximate surface area is 186 Å². The van der Waals surface area contributed by atoms with Gasteiger partial charge in [-0.1, -0.05) is 48.5 Å². The number of nitrogens with one attached hydrogen (secondary N) is 1. The van der Waals surface area contributed by atoms with Gasteiger partial charge in [-0.25, -0.2) is 4.79 Å². The van der Waals surface area contributed by atoms with Crippen molar-refractivity contribution in [3.8, 4) is 0 Å². The molecule has 30 heavy (non-hydrogen) atoms. The Kier molecular flexibility index (Phi) is 6.45. The van der Waals surface area contributed by atoms with E-state index in [2.05, 4.69) is 22.3 Å². The van der Waals surface area contributed by atoms with Crippen molar-refractivity contribution < 1.29 is 9.53 Å². The maximum absolute atomic E-state index is 12.6. The summed E-state index contributed by atoms with van der Waals surface area (Å²) in [7, 11) is 1.43. The highest BCUT2D eigenvalue weighted by Gasteiger charge is 2.27. The number of hydrogen-bond donors (Lipinski definition) is 1. The zero-order valence-corrected chi connectivity index (χ0v) is 18.5. The summed E-state index contributed by atoms with van der Waals surface area (Å²) in [6.45, 7) is 0.634. The molecule has 0 aliphatic heterocycles. The monoisotopic (exact) mass is 436 g/mol. The van der Waals surface area contributed by atoms with Crippen molar-refractivity contribution in [2.24, 2.45) is 0 Å². The van der Waals surface area contributed by atoms with Crippen LogP contribution in [0.4, 0.5) is 10.7 Å². The number of ether oxygens (including phenoxy) is 1. The minimum Gasteiger partial charge on any atom is -0.465 e. The molecule has 1 N–H and O–H groups in total. The standard InChI is InChI=1S/C24H24N2O2S2/c1-28-23(27)21-19-14-8-9-15-20(19)30-22(21)25-24(29)26(18-12-6-3-7-13-18)16-17-10-4-2-5-11-17/h2-7,10-13H,8-9,14-16H2,1H3,(H,25,29). The summed E-state index contributed by atoms with van der Waals surface area (Å²) in [6.07, 6.45) is 4.17. The molecule has 0 saturated heterocycles. The number of para-hydroxylation sites is 1. The fourth-order valence-corrected chi connectivity index (χ4v) is 5.40. The second-order valence-corrected chi connectivity index (χ2v) is 8.74. The van der Waals surface area contributed by atoms with E-state index in [0.717, 1.165) is 47.5 Å². The lowest BCUT2D eigenvalue weighted by Crippen LogP contribution is -2.34. The fraction of sp³-hybridized carbons (Fsp3) is 0.250. The first-order valence-electron chi connectivity index (χ1n) is 10.1. The van der Waals surface area contributed by atoms with Crippen LogP contribution in [-0.4, -0.2) is 18.2 Å². The SMILES string of the molecule is COC(=O)c1c(NC(=S)N(Cc2ccccc2)c2ccccc2)sc2c1CCCC2. The second-order valence-electron chi connectivity index (χ2n) is 7.24. The van der Waals surface area contributed by atoms with Gasteiger partial charge in [-0.15, -0.1) is 11.3 Å². The lowest BCUT2D eigenvalue weighted by atomic mass is 9.95. The van der Waals surface area contributed by atoms with Gasteiger partial charge in [-0.2, -0.15) is 0 Å². The lowest BCUT2D eigenvalue weighted by molar-refractivity contribution is 0.0601. The number of carbonyl (C=O) groups excluding carboxylic acids is 1. The fourth-order valence-electron chi connectivity index (χ4n) is 3.79. The number of thiophene rings is 1. The molecule has 3 aromatic rings. The van der Waals surface area contributed by atoms with Crippen molar-refractivity contribution in [1.29, 1.82) is 0 Å². The Morgan fingerprint density at radius 1 is 1.07 bits per heavy atom. The summed E-state index contributed by atoms with van der Waals surface area (Å²) in [5.74, 6) is -0.297. The third-order valence-electron chi connectivity index (χ3n) is 5.28. The largest absolute Gasteiger partial charge is 0.465 e. The first-order chi connectivity index (χ1) is 14.7. The number of nitrogens with zero attached hydrogens (tertiary/aromatic N) is 1. The van der Waals surface area contributed by atoms with Crippen LogP contribution < -0.4 is 10.2 Å².